The van der Waals surface area contributed by atoms with Gasteiger partial charge in [0.05, 0.1) is 10.5 Å². The largest absolute Gasteiger partial charge is 0.478 e. The van der Waals surface area contributed by atoms with Crippen LogP contribution in [0.15, 0.2) is 41.3 Å². The number of aliphatic carboxylic acids is 1. The molecule has 0 spiro atoms. The fourth-order valence-electron chi connectivity index (χ4n) is 3.14. The number of rotatable bonds is 8. The molecule has 0 fully saturated rings. The molecule has 1 unspecified atom stereocenters. The van der Waals surface area contributed by atoms with Gasteiger partial charge in [0.2, 0.25) is 10.0 Å². The highest BCUT2D eigenvalue weighted by Gasteiger charge is 2.33. The van der Waals surface area contributed by atoms with Gasteiger partial charge in [0.1, 0.15) is 5.75 Å². The van der Waals surface area contributed by atoms with Crippen LogP contribution in [0.25, 0.3) is 0 Å². The van der Waals surface area contributed by atoms with Crippen LogP contribution in [0.5, 0.6) is 5.75 Å². The van der Waals surface area contributed by atoms with Gasteiger partial charge in [-0.15, -0.1) is 0 Å². The topological polar surface area (TPSA) is 83.9 Å². The summed E-state index contributed by atoms with van der Waals surface area (Å²) >= 11 is 6.16. The third-order valence-corrected chi connectivity index (χ3v) is 7.36. The van der Waals surface area contributed by atoms with E-state index in [9.17, 15) is 18.3 Å². The zero-order chi connectivity index (χ0) is 25.7. The van der Waals surface area contributed by atoms with Gasteiger partial charge < -0.3 is 9.84 Å². The summed E-state index contributed by atoms with van der Waals surface area (Å²) in [4.78, 5) is 11.9. The van der Waals surface area contributed by atoms with E-state index in [0.717, 1.165) is 18.4 Å². The Balaban J connectivity index is 2.48. The summed E-state index contributed by atoms with van der Waals surface area (Å²) < 4.78 is 33.1. The van der Waals surface area contributed by atoms with Crippen LogP contribution in [0, 0.1) is 24.2 Å². The van der Waals surface area contributed by atoms with E-state index >= 15 is 0 Å². The molecule has 0 bridgehead atoms. The Bertz CT molecular complexity index is 1210. The molecule has 0 aliphatic rings. The molecule has 1 atom stereocenters. The molecule has 184 valence electrons. The van der Waals surface area contributed by atoms with Crippen LogP contribution in [0.4, 0.5) is 0 Å². The lowest BCUT2D eigenvalue weighted by molar-refractivity contribution is -0.150. The maximum atomic E-state index is 12.9. The summed E-state index contributed by atoms with van der Waals surface area (Å²) in [5.74, 6) is 5.21. The van der Waals surface area contributed by atoms with Crippen LogP contribution in [-0.2, 0) is 14.8 Å². The summed E-state index contributed by atoms with van der Waals surface area (Å²) in [6, 6.07) is 9.64. The van der Waals surface area contributed by atoms with Crippen LogP contribution in [0.3, 0.4) is 0 Å². The van der Waals surface area contributed by atoms with Crippen molar-refractivity contribution >= 4 is 27.6 Å². The van der Waals surface area contributed by atoms with Gasteiger partial charge in [0, 0.05) is 29.6 Å². The van der Waals surface area contributed by atoms with Crippen molar-refractivity contribution in [2.75, 3.05) is 13.6 Å². The first kappa shape index (κ1) is 27.7. The molecule has 6 nitrogen and oxygen atoms in total. The van der Waals surface area contributed by atoms with Gasteiger partial charge in [0.25, 0.3) is 0 Å². The molecular formula is C26H32ClNO5S. The molecule has 0 amide bonds. The number of aryl methyl sites for hydroxylation is 1. The summed E-state index contributed by atoms with van der Waals surface area (Å²) in [5.41, 5.74) is 1.11. The van der Waals surface area contributed by atoms with Gasteiger partial charge in [-0.05, 0) is 49.2 Å². The number of halogens is 1. The van der Waals surface area contributed by atoms with Crippen molar-refractivity contribution in [2.45, 2.75) is 58.5 Å². The lowest BCUT2D eigenvalue weighted by Crippen LogP contribution is -2.39. The fraction of sp³-hybridized carbons (Fsp3) is 0.423. The Hall–Kier alpha value is -2.53. The van der Waals surface area contributed by atoms with Crippen molar-refractivity contribution in [3.63, 3.8) is 0 Å². The Kier molecular flexibility index (Phi) is 9.18. The first-order valence-corrected chi connectivity index (χ1v) is 12.9. The van der Waals surface area contributed by atoms with E-state index in [1.54, 1.807) is 64.2 Å². The first-order chi connectivity index (χ1) is 15.8. The smallest absolute Gasteiger partial charge is 0.345 e. The predicted octanol–water partition coefficient (Wildman–Crippen LogP) is 5.35. The average molecular weight is 506 g/mol. The van der Waals surface area contributed by atoms with E-state index < -0.39 is 27.5 Å². The number of nitrogens with zero attached hydrogens (tertiary/aromatic N) is 1. The number of benzene rings is 2. The summed E-state index contributed by atoms with van der Waals surface area (Å²) in [6.45, 7) is 9.62. The predicted molar refractivity (Wildman–Crippen MR) is 135 cm³/mol. The van der Waals surface area contributed by atoms with E-state index in [-0.39, 0.29) is 4.90 Å². The molecule has 0 aliphatic heterocycles. The van der Waals surface area contributed by atoms with Crippen molar-refractivity contribution in [3.8, 4) is 17.6 Å². The van der Waals surface area contributed by atoms with Gasteiger partial charge in [-0.3, -0.25) is 0 Å². The molecule has 34 heavy (non-hydrogen) atoms. The van der Waals surface area contributed by atoms with Crippen molar-refractivity contribution in [2.24, 2.45) is 5.41 Å². The minimum absolute atomic E-state index is 0.169. The quantitative estimate of drug-likeness (QED) is 0.489. The molecule has 1 N–H and O–H groups in total. The van der Waals surface area contributed by atoms with Crippen LogP contribution in [0.2, 0.25) is 5.02 Å². The molecular weight excluding hydrogens is 474 g/mol. The van der Waals surface area contributed by atoms with Crippen molar-refractivity contribution in [1.29, 1.82) is 0 Å². The summed E-state index contributed by atoms with van der Waals surface area (Å²) in [7, 11) is -2.07. The summed E-state index contributed by atoms with van der Waals surface area (Å²) in [5, 5.41) is 10.0. The highest BCUT2D eigenvalue weighted by atomic mass is 35.5. The van der Waals surface area contributed by atoms with Gasteiger partial charge in [-0.25, -0.2) is 17.5 Å². The molecule has 2 rings (SSSR count). The highest BCUT2D eigenvalue weighted by Crippen LogP contribution is 2.29. The standard InChI is InChI=1S/C26H32ClNO5S/c1-7-8-15-28(6)34(31,32)22-13-9-18(2)19(17-22)10-11-20-16-21(27)12-14-23(20)33-24(25(29)30)26(3,4)5/h9,12-14,16-17,24H,7-8,15H2,1-6H3,(H,29,30). The molecule has 0 saturated heterocycles. The second-order valence-corrected chi connectivity index (χ2v) is 11.7. The van der Waals surface area contributed by atoms with Gasteiger partial charge in [-0.1, -0.05) is 63.6 Å². The monoisotopic (exact) mass is 505 g/mol. The summed E-state index contributed by atoms with van der Waals surface area (Å²) in [6.07, 6.45) is 0.576. The number of carbonyl (C=O) groups is 1. The van der Waals surface area contributed by atoms with Gasteiger partial charge in [-0.2, -0.15) is 0 Å². The maximum absolute atomic E-state index is 12.9. The minimum Gasteiger partial charge on any atom is -0.478 e. The molecule has 0 aliphatic carbocycles. The molecule has 0 saturated carbocycles. The third kappa shape index (κ3) is 6.99. The van der Waals surface area contributed by atoms with Crippen molar-refractivity contribution < 1.29 is 23.1 Å². The number of sulfonamides is 1. The zero-order valence-corrected chi connectivity index (χ0v) is 22.0. The van der Waals surface area contributed by atoms with E-state index in [0.29, 0.717) is 28.4 Å². The van der Waals surface area contributed by atoms with Crippen LogP contribution >= 0.6 is 11.6 Å². The molecule has 2 aromatic rings. The second-order valence-electron chi connectivity index (χ2n) is 9.25. The third-order valence-electron chi connectivity index (χ3n) is 5.27. The fourth-order valence-corrected chi connectivity index (χ4v) is 4.55. The number of unbranched alkanes of at least 4 members (excludes halogenated alkanes) is 1. The van der Waals surface area contributed by atoms with E-state index in [2.05, 4.69) is 11.8 Å². The Morgan fingerprint density at radius 1 is 1.15 bits per heavy atom. The molecule has 8 heteroatoms. The van der Waals surface area contributed by atoms with Crippen LogP contribution < -0.4 is 4.74 Å². The van der Waals surface area contributed by atoms with Gasteiger partial charge in [0.15, 0.2) is 6.10 Å². The number of carboxylic acid groups (broad SMARTS) is 1. The van der Waals surface area contributed by atoms with E-state index in [1.165, 1.54) is 4.31 Å². The van der Waals surface area contributed by atoms with Crippen molar-refractivity contribution in [3.05, 3.63) is 58.1 Å². The van der Waals surface area contributed by atoms with E-state index in [4.69, 9.17) is 16.3 Å². The van der Waals surface area contributed by atoms with Crippen LogP contribution in [-0.4, -0.2) is 43.5 Å². The Morgan fingerprint density at radius 3 is 2.38 bits per heavy atom. The molecule has 0 radical (unpaired) electrons. The number of hydrogen-bond acceptors (Lipinski definition) is 4. The molecule has 0 heterocycles. The highest BCUT2D eigenvalue weighted by molar-refractivity contribution is 7.89. The Labute approximate surface area is 207 Å². The number of hydrogen-bond donors (Lipinski definition) is 1. The lowest BCUT2D eigenvalue weighted by atomic mass is 9.89. The number of carboxylic acids is 1. The molecule has 2 aromatic carbocycles. The molecule has 0 aromatic heterocycles. The lowest BCUT2D eigenvalue weighted by Gasteiger charge is -2.28. The number of ether oxygens (including phenoxy) is 1. The van der Waals surface area contributed by atoms with Gasteiger partial charge >= 0.3 is 5.97 Å². The normalized spacial score (nSPS) is 12.7. The maximum Gasteiger partial charge on any atom is 0.345 e. The minimum atomic E-state index is -3.64. The van der Waals surface area contributed by atoms with Crippen molar-refractivity contribution in [1.82, 2.24) is 4.31 Å². The average Bonchev–Trinajstić information content (AvgIpc) is 2.74. The zero-order valence-electron chi connectivity index (χ0n) is 20.5. The SMILES string of the molecule is CCCCN(C)S(=O)(=O)c1ccc(C)c(C#Cc2cc(Cl)ccc2OC(C(=O)O)C(C)(C)C)c1. The second kappa shape index (κ2) is 11.3. The van der Waals surface area contributed by atoms with Crippen LogP contribution in [0.1, 0.15) is 57.2 Å². The van der Waals surface area contributed by atoms with E-state index in [1.807, 2.05) is 13.8 Å². The first-order valence-electron chi connectivity index (χ1n) is 11.1. The Morgan fingerprint density at radius 2 is 1.79 bits per heavy atom.